The molecule has 3 N–H and O–H groups in total. The number of morpholine rings is 1. The van der Waals surface area contributed by atoms with Crippen molar-refractivity contribution >= 4 is 15.9 Å². The highest BCUT2D eigenvalue weighted by Gasteiger charge is 2.31. The number of primary amides is 1. The van der Waals surface area contributed by atoms with E-state index in [2.05, 4.69) is 5.32 Å². The van der Waals surface area contributed by atoms with Gasteiger partial charge < -0.3 is 20.4 Å². The highest BCUT2D eigenvalue weighted by atomic mass is 32.2. The van der Waals surface area contributed by atoms with E-state index in [1.54, 1.807) is 14.1 Å². The van der Waals surface area contributed by atoms with E-state index in [1.807, 2.05) is 0 Å². The number of rotatable bonds is 5. The van der Waals surface area contributed by atoms with Crippen molar-refractivity contribution in [3.63, 3.8) is 0 Å². The lowest BCUT2D eigenvalue weighted by Gasteiger charge is -2.31. The normalized spacial score (nSPS) is 20.6. The minimum absolute atomic E-state index is 0.0731. The molecule has 1 saturated heterocycles. The molecule has 8 nitrogen and oxygen atoms in total. The summed E-state index contributed by atoms with van der Waals surface area (Å²) in [5.74, 6) is -0.658. The Kier molecular flexibility index (Phi) is 4.67. The van der Waals surface area contributed by atoms with Crippen LogP contribution in [0, 0.1) is 0 Å². The fourth-order valence-corrected chi connectivity index (χ4v) is 3.86. The molecule has 1 aromatic rings. The van der Waals surface area contributed by atoms with Crippen LogP contribution in [-0.4, -0.2) is 62.6 Å². The molecule has 1 atom stereocenters. The predicted octanol–water partition coefficient (Wildman–Crippen LogP) is -1.27. The largest absolute Gasteiger partial charge is 0.374 e. The van der Waals surface area contributed by atoms with E-state index in [4.69, 9.17) is 10.5 Å². The van der Waals surface area contributed by atoms with Crippen LogP contribution in [-0.2, 0) is 21.8 Å². The number of ether oxygens (including phenoxy) is 1. The summed E-state index contributed by atoms with van der Waals surface area (Å²) in [4.78, 5) is 11.3. The minimum atomic E-state index is -3.65. The van der Waals surface area contributed by atoms with E-state index >= 15 is 0 Å². The van der Waals surface area contributed by atoms with Crippen LogP contribution in [0.5, 0.6) is 0 Å². The molecule has 1 aliphatic rings. The Balaban J connectivity index is 2.25. The molecule has 1 fully saturated rings. The zero-order valence-corrected chi connectivity index (χ0v) is 12.9. The summed E-state index contributed by atoms with van der Waals surface area (Å²) in [6, 6.07) is 1.31. The summed E-state index contributed by atoms with van der Waals surface area (Å²) in [6.07, 6.45) is 1.22. The molecular formula is C12H20N4O4S. The Hall–Kier alpha value is -1.42. The number of carbonyl (C=O) groups is 1. The van der Waals surface area contributed by atoms with E-state index < -0.39 is 15.9 Å². The predicted molar refractivity (Wildman–Crippen MR) is 76.4 cm³/mol. The van der Waals surface area contributed by atoms with E-state index in [0.29, 0.717) is 19.7 Å². The average molecular weight is 316 g/mol. The molecule has 0 aliphatic carbocycles. The zero-order chi connectivity index (χ0) is 15.6. The molecular weight excluding hydrogens is 296 g/mol. The lowest BCUT2D eigenvalue weighted by atomic mass is 10.3. The van der Waals surface area contributed by atoms with Gasteiger partial charge in [0.1, 0.15) is 10.6 Å². The number of hydrogen-bond donors (Lipinski definition) is 2. The van der Waals surface area contributed by atoms with Crippen LogP contribution in [0.4, 0.5) is 0 Å². The van der Waals surface area contributed by atoms with E-state index in [9.17, 15) is 13.2 Å². The first-order valence-electron chi connectivity index (χ1n) is 6.58. The first-order chi connectivity index (χ1) is 9.86. The van der Waals surface area contributed by atoms with Crippen molar-refractivity contribution in [3.8, 4) is 0 Å². The van der Waals surface area contributed by atoms with Crippen molar-refractivity contribution in [2.45, 2.75) is 11.0 Å². The topological polar surface area (TPSA) is 107 Å². The molecule has 1 amide bonds. The second kappa shape index (κ2) is 6.14. The van der Waals surface area contributed by atoms with Crippen molar-refractivity contribution < 1.29 is 17.9 Å². The first kappa shape index (κ1) is 16.0. The van der Waals surface area contributed by atoms with Gasteiger partial charge in [-0.15, -0.1) is 0 Å². The Labute approximate surface area is 123 Å². The number of aryl methyl sites for hydroxylation is 1. The number of hydrogen-bond acceptors (Lipinski definition) is 5. The molecule has 0 radical (unpaired) electrons. The number of amides is 1. The van der Waals surface area contributed by atoms with Crippen LogP contribution < -0.4 is 11.1 Å². The van der Waals surface area contributed by atoms with Gasteiger partial charge in [0.25, 0.3) is 5.91 Å². The van der Waals surface area contributed by atoms with Gasteiger partial charge in [-0.25, -0.2) is 8.42 Å². The maximum atomic E-state index is 12.6. The molecule has 1 aliphatic heterocycles. The minimum Gasteiger partial charge on any atom is -0.374 e. The molecule has 118 valence electrons. The Bertz CT molecular complexity index is 623. The third-order valence-electron chi connectivity index (χ3n) is 3.40. The van der Waals surface area contributed by atoms with E-state index in [1.165, 1.54) is 21.1 Å². The van der Waals surface area contributed by atoms with Gasteiger partial charge in [0.15, 0.2) is 0 Å². The summed E-state index contributed by atoms with van der Waals surface area (Å²) in [6.45, 7) is 1.50. The van der Waals surface area contributed by atoms with Gasteiger partial charge >= 0.3 is 0 Å². The smallest absolute Gasteiger partial charge is 0.265 e. The summed E-state index contributed by atoms with van der Waals surface area (Å²) in [5.41, 5.74) is 5.38. The van der Waals surface area contributed by atoms with Gasteiger partial charge in [0, 0.05) is 32.9 Å². The van der Waals surface area contributed by atoms with Crippen molar-refractivity contribution in [1.82, 2.24) is 14.2 Å². The molecule has 0 bridgehead atoms. The second-order valence-corrected chi connectivity index (χ2v) is 6.89. The molecule has 1 unspecified atom stereocenters. The van der Waals surface area contributed by atoms with Crippen molar-refractivity contribution in [3.05, 3.63) is 18.0 Å². The quantitative estimate of drug-likeness (QED) is 0.705. The second-order valence-electron chi connectivity index (χ2n) is 4.95. The average Bonchev–Trinajstić information content (AvgIpc) is 2.82. The summed E-state index contributed by atoms with van der Waals surface area (Å²) in [5, 5.41) is 2.97. The summed E-state index contributed by atoms with van der Waals surface area (Å²) in [7, 11) is -0.281. The third-order valence-corrected chi connectivity index (χ3v) is 5.23. The van der Waals surface area contributed by atoms with Crippen LogP contribution in [0.15, 0.2) is 17.2 Å². The maximum absolute atomic E-state index is 12.6. The molecule has 9 heteroatoms. The Morgan fingerprint density at radius 1 is 1.57 bits per heavy atom. The van der Waals surface area contributed by atoms with Gasteiger partial charge in [-0.2, -0.15) is 4.31 Å². The van der Waals surface area contributed by atoms with Crippen molar-refractivity contribution in [2.24, 2.45) is 12.8 Å². The highest BCUT2D eigenvalue weighted by Crippen LogP contribution is 2.20. The summed E-state index contributed by atoms with van der Waals surface area (Å²) >= 11 is 0. The van der Waals surface area contributed by atoms with Gasteiger partial charge in [-0.05, 0) is 13.1 Å². The molecule has 0 spiro atoms. The number of nitrogens with zero attached hydrogens (tertiary/aromatic N) is 2. The van der Waals surface area contributed by atoms with Crippen molar-refractivity contribution in [1.29, 1.82) is 0 Å². The molecule has 21 heavy (non-hydrogen) atoms. The lowest BCUT2D eigenvalue weighted by Crippen LogP contribution is -2.48. The Morgan fingerprint density at radius 3 is 2.86 bits per heavy atom. The zero-order valence-electron chi connectivity index (χ0n) is 12.1. The van der Waals surface area contributed by atoms with Crippen LogP contribution in [0.3, 0.4) is 0 Å². The monoisotopic (exact) mass is 316 g/mol. The molecule has 0 aromatic carbocycles. The van der Waals surface area contributed by atoms with Gasteiger partial charge in [-0.3, -0.25) is 4.79 Å². The number of nitrogens with two attached hydrogens (primary N) is 1. The van der Waals surface area contributed by atoms with Crippen LogP contribution in [0.25, 0.3) is 0 Å². The maximum Gasteiger partial charge on any atom is 0.265 e. The standard InChI is InChI=1S/C12H20N4O4S/c1-14-6-9-7-16(3-4-20-9)21(18,19)10-5-11(12(13)17)15(2)8-10/h5,8-9,14H,3-4,6-7H2,1-2H3,(H2,13,17). The number of aromatic nitrogens is 1. The molecule has 0 saturated carbocycles. The third kappa shape index (κ3) is 3.26. The fraction of sp³-hybridized carbons (Fsp3) is 0.583. The summed E-state index contributed by atoms with van der Waals surface area (Å²) < 4.78 is 33.5. The van der Waals surface area contributed by atoms with Crippen LogP contribution in [0.2, 0.25) is 0 Å². The highest BCUT2D eigenvalue weighted by molar-refractivity contribution is 7.89. The van der Waals surface area contributed by atoms with Crippen LogP contribution >= 0.6 is 0 Å². The van der Waals surface area contributed by atoms with E-state index in [-0.39, 0.29) is 23.2 Å². The first-order valence-corrected chi connectivity index (χ1v) is 8.02. The SMILES string of the molecule is CNCC1CN(S(=O)(=O)c2cc(C(N)=O)n(C)c2)CCO1. The number of carbonyl (C=O) groups excluding carboxylic acids is 1. The van der Waals surface area contributed by atoms with Crippen molar-refractivity contribution in [2.75, 3.05) is 33.3 Å². The van der Waals surface area contributed by atoms with Gasteiger partial charge in [-0.1, -0.05) is 0 Å². The van der Waals surface area contributed by atoms with Gasteiger partial charge in [0.2, 0.25) is 10.0 Å². The fourth-order valence-electron chi connectivity index (χ4n) is 2.33. The van der Waals surface area contributed by atoms with Crippen LogP contribution in [0.1, 0.15) is 10.5 Å². The lowest BCUT2D eigenvalue weighted by molar-refractivity contribution is 0.000823. The Morgan fingerprint density at radius 2 is 2.29 bits per heavy atom. The van der Waals surface area contributed by atoms with E-state index in [0.717, 1.165) is 0 Å². The molecule has 2 heterocycles. The van der Waals surface area contributed by atoms with Gasteiger partial charge in [0.05, 0.1) is 12.7 Å². The number of likely N-dealkylation sites (N-methyl/N-ethyl adjacent to an activating group) is 1. The molecule has 2 rings (SSSR count). The molecule has 1 aromatic heterocycles. The number of sulfonamides is 1. The number of nitrogens with one attached hydrogen (secondary N) is 1.